The first kappa shape index (κ1) is 26.3. The topological polar surface area (TPSA) is 169 Å². The smallest absolute Gasteiger partial charge is 0.355 e. The van der Waals surface area contributed by atoms with Gasteiger partial charge in [-0.05, 0) is 48.5 Å². The van der Waals surface area contributed by atoms with Crippen molar-refractivity contribution in [3.8, 4) is 5.75 Å². The van der Waals surface area contributed by atoms with Gasteiger partial charge < -0.3 is 10.1 Å². The van der Waals surface area contributed by atoms with Crippen molar-refractivity contribution in [2.24, 2.45) is 0 Å². The number of hydrogen-bond donors (Lipinski definition) is 3. The highest BCUT2D eigenvalue weighted by atomic mass is 32.2. The first-order valence-corrected chi connectivity index (χ1v) is 12.2. The van der Waals surface area contributed by atoms with Crippen molar-refractivity contribution in [1.29, 1.82) is 0 Å². The Morgan fingerprint density at radius 1 is 1.03 bits per heavy atom. The summed E-state index contributed by atoms with van der Waals surface area (Å²) in [5, 5.41) is 14.6. The first-order chi connectivity index (χ1) is 17.2. The molecular weight excluding hydrogens is 490 g/mol. The van der Waals surface area contributed by atoms with Gasteiger partial charge in [0.2, 0.25) is 21.7 Å². The van der Waals surface area contributed by atoms with Crippen molar-refractivity contribution in [2.75, 3.05) is 30.9 Å². The molecule has 1 amide bonds. The normalized spacial score (nSPS) is 11.1. The fourth-order valence-corrected chi connectivity index (χ4v) is 4.68. The fourth-order valence-electron chi connectivity index (χ4n) is 3.22. The van der Waals surface area contributed by atoms with Crippen molar-refractivity contribution in [3.05, 3.63) is 70.5 Å². The van der Waals surface area contributed by atoms with Gasteiger partial charge in [0.05, 0.1) is 16.9 Å². The van der Waals surface area contributed by atoms with Gasteiger partial charge in [0.25, 0.3) is 5.91 Å². The molecule has 190 valence electrons. The molecule has 1 heterocycles. The molecule has 0 aliphatic heterocycles. The van der Waals surface area contributed by atoms with E-state index in [1.54, 1.807) is 26.0 Å². The lowest BCUT2D eigenvalue weighted by atomic mass is 10.2. The predicted molar refractivity (Wildman–Crippen MR) is 133 cm³/mol. The number of benzene rings is 2. The minimum atomic E-state index is -3.65. The number of carbonyl (C=O) groups excluding carboxylic acids is 1. The fraction of sp³-hybridized carbons (Fsp3) is 0.227. The van der Waals surface area contributed by atoms with Crippen LogP contribution >= 0.6 is 0 Å². The van der Waals surface area contributed by atoms with Gasteiger partial charge in [-0.15, -0.1) is 0 Å². The molecule has 1 aromatic heterocycles. The van der Waals surface area contributed by atoms with Crippen LogP contribution in [0.5, 0.6) is 5.75 Å². The van der Waals surface area contributed by atoms with Crippen LogP contribution in [0.25, 0.3) is 0 Å². The summed E-state index contributed by atoms with van der Waals surface area (Å²) in [7, 11) is -2.15. The standard InChI is InChI=1S/C22H25N7O6S/c1-4-28(5-2)36(33,34)18-12-8-16(9-13-18)25-20-19(29(31)32)21(24-14-23-20)26-27-22(30)15-6-10-17(35-3)11-7-15/h6-14H,4-5H2,1-3H3,(H,27,30)(H2,23,24,25,26). The summed E-state index contributed by atoms with van der Waals surface area (Å²) in [6, 6.07) is 12.0. The van der Waals surface area contributed by atoms with Gasteiger partial charge in [-0.2, -0.15) is 4.31 Å². The molecule has 3 aromatic rings. The zero-order chi connectivity index (χ0) is 26.3. The molecule has 3 rings (SSSR count). The number of sulfonamides is 1. The minimum Gasteiger partial charge on any atom is -0.497 e. The average Bonchev–Trinajstić information content (AvgIpc) is 2.88. The Morgan fingerprint density at radius 3 is 2.19 bits per heavy atom. The highest BCUT2D eigenvalue weighted by Gasteiger charge is 2.25. The molecule has 36 heavy (non-hydrogen) atoms. The van der Waals surface area contributed by atoms with Gasteiger partial charge in [0.15, 0.2) is 0 Å². The van der Waals surface area contributed by atoms with Crippen molar-refractivity contribution in [2.45, 2.75) is 18.7 Å². The molecule has 0 unspecified atom stereocenters. The summed E-state index contributed by atoms with van der Waals surface area (Å²) >= 11 is 0. The maximum atomic E-state index is 12.7. The zero-order valence-electron chi connectivity index (χ0n) is 19.8. The number of nitrogens with one attached hydrogen (secondary N) is 3. The number of nitrogens with zero attached hydrogens (tertiary/aromatic N) is 4. The van der Waals surface area contributed by atoms with Gasteiger partial charge in [-0.1, -0.05) is 13.8 Å². The van der Waals surface area contributed by atoms with Crippen LogP contribution in [0.1, 0.15) is 24.2 Å². The second-order valence-electron chi connectivity index (χ2n) is 7.22. The summed E-state index contributed by atoms with van der Waals surface area (Å²) in [5.41, 5.74) is 4.95. The number of ether oxygens (including phenoxy) is 1. The summed E-state index contributed by atoms with van der Waals surface area (Å²) < 4.78 is 31.7. The highest BCUT2D eigenvalue weighted by Crippen LogP contribution is 2.31. The van der Waals surface area contributed by atoms with E-state index in [0.29, 0.717) is 24.5 Å². The van der Waals surface area contributed by atoms with Crippen LogP contribution in [0, 0.1) is 10.1 Å². The minimum absolute atomic E-state index is 0.0949. The second kappa shape index (κ2) is 11.4. The molecule has 0 saturated heterocycles. The van der Waals surface area contributed by atoms with Crippen molar-refractivity contribution in [3.63, 3.8) is 0 Å². The van der Waals surface area contributed by atoms with Crippen molar-refractivity contribution < 1.29 is 22.9 Å². The Kier molecular flexibility index (Phi) is 8.34. The maximum Gasteiger partial charge on any atom is 0.355 e. The number of aromatic nitrogens is 2. The summed E-state index contributed by atoms with van der Waals surface area (Å²) in [6.07, 6.45) is 1.08. The molecule has 0 spiro atoms. The second-order valence-corrected chi connectivity index (χ2v) is 9.16. The summed E-state index contributed by atoms with van der Waals surface area (Å²) in [6.45, 7) is 4.15. The Bertz CT molecular complexity index is 1330. The van der Waals surface area contributed by atoms with Gasteiger partial charge >= 0.3 is 5.69 Å². The van der Waals surface area contributed by atoms with E-state index in [2.05, 4.69) is 26.1 Å². The Balaban J connectivity index is 1.79. The molecule has 14 heteroatoms. The lowest BCUT2D eigenvalue weighted by Gasteiger charge is -2.18. The largest absolute Gasteiger partial charge is 0.497 e. The lowest BCUT2D eigenvalue weighted by molar-refractivity contribution is -0.383. The molecule has 2 aromatic carbocycles. The number of hydrazine groups is 1. The maximum absolute atomic E-state index is 12.7. The summed E-state index contributed by atoms with van der Waals surface area (Å²) in [4.78, 5) is 31.3. The number of amides is 1. The SMILES string of the molecule is CCN(CC)S(=O)(=O)c1ccc(Nc2ncnc(NNC(=O)c3ccc(OC)cc3)c2[N+](=O)[O-])cc1. The number of carbonyl (C=O) groups is 1. The van der Waals surface area contributed by atoms with Crippen LogP contribution in [0.3, 0.4) is 0 Å². The van der Waals surface area contributed by atoms with Gasteiger partial charge in [0.1, 0.15) is 12.1 Å². The third-order valence-corrected chi connectivity index (χ3v) is 7.18. The van der Waals surface area contributed by atoms with Crippen LogP contribution in [-0.2, 0) is 10.0 Å². The Labute approximate surface area is 207 Å². The highest BCUT2D eigenvalue weighted by molar-refractivity contribution is 7.89. The van der Waals surface area contributed by atoms with E-state index in [4.69, 9.17) is 4.74 Å². The van der Waals surface area contributed by atoms with E-state index in [-0.39, 0.29) is 22.1 Å². The molecule has 3 N–H and O–H groups in total. The molecule has 0 radical (unpaired) electrons. The van der Waals surface area contributed by atoms with E-state index < -0.39 is 26.5 Å². The summed E-state index contributed by atoms with van der Waals surface area (Å²) in [5.74, 6) is -0.388. The zero-order valence-corrected chi connectivity index (χ0v) is 20.6. The first-order valence-electron chi connectivity index (χ1n) is 10.8. The van der Waals surface area contributed by atoms with Crippen molar-refractivity contribution in [1.82, 2.24) is 19.7 Å². The third-order valence-electron chi connectivity index (χ3n) is 5.11. The van der Waals surface area contributed by atoms with Gasteiger partial charge in [0, 0.05) is 24.3 Å². The Hall–Kier alpha value is -4.30. The monoisotopic (exact) mass is 515 g/mol. The quantitative estimate of drug-likeness (QED) is 0.255. The van der Waals surface area contributed by atoms with Gasteiger partial charge in [-0.3, -0.25) is 25.8 Å². The molecule has 13 nitrogen and oxygen atoms in total. The molecule has 0 bridgehead atoms. The molecule has 0 aliphatic rings. The lowest BCUT2D eigenvalue weighted by Crippen LogP contribution is -2.30. The van der Waals surface area contributed by atoms with Gasteiger partial charge in [-0.25, -0.2) is 18.4 Å². The van der Waals surface area contributed by atoms with Crippen LogP contribution in [0.15, 0.2) is 59.8 Å². The predicted octanol–water partition coefficient (Wildman–Crippen LogP) is 2.92. The van der Waals surface area contributed by atoms with Crippen LogP contribution in [0.2, 0.25) is 0 Å². The number of anilines is 3. The third kappa shape index (κ3) is 5.84. The number of hydrogen-bond acceptors (Lipinski definition) is 10. The van der Waals surface area contributed by atoms with Crippen LogP contribution in [0.4, 0.5) is 23.0 Å². The molecule has 0 aliphatic carbocycles. The molecule has 0 atom stereocenters. The molecule has 0 fully saturated rings. The average molecular weight is 516 g/mol. The number of methoxy groups -OCH3 is 1. The van der Waals surface area contributed by atoms with E-state index in [1.165, 1.54) is 47.8 Å². The van der Waals surface area contributed by atoms with E-state index in [9.17, 15) is 23.3 Å². The van der Waals surface area contributed by atoms with E-state index in [0.717, 1.165) is 6.33 Å². The number of nitro groups is 1. The Morgan fingerprint density at radius 2 is 1.64 bits per heavy atom. The van der Waals surface area contributed by atoms with Crippen LogP contribution in [-0.4, -0.2) is 53.7 Å². The number of rotatable bonds is 11. The van der Waals surface area contributed by atoms with Crippen LogP contribution < -0.4 is 20.9 Å². The van der Waals surface area contributed by atoms with E-state index >= 15 is 0 Å². The van der Waals surface area contributed by atoms with Crippen molar-refractivity contribution >= 4 is 38.9 Å². The molecular formula is C22H25N7O6S. The molecule has 0 saturated carbocycles. The van der Waals surface area contributed by atoms with E-state index in [1.807, 2.05) is 0 Å².